The summed E-state index contributed by atoms with van der Waals surface area (Å²) >= 11 is 0. The van der Waals surface area contributed by atoms with Crippen molar-refractivity contribution in [3.8, 4) is 0 Å². The van der Waals surface area contributed by atoms with Crippen molar-refractivity contribution in [2.24, 2.45) is 7.05 Å². The second kappa shape index (κ2) is 2.77. The molecule has 1 aromatic heterocycles. The average Bonchev–Trinajstić information content (AvgIpc) is 1.96. The highest BCUT2D eigenvalue weighted by Crippen LogP contribution is 1.93. The molecule has 0 unspecified atom stereocenters. The van der Waals surface area contributed by atoms with Crippen LogP contribution in [0.5, 0.6) is 0 Å². The maximum absolute atomic E-state index is 11.1. The van der Waals surface area contributed by atoms with Crippen LogP contribution >= 0.6 is 0 Å². The van der Waals surface area contributed by atoms with Crippen LogP contribution in [0.3, 0.4) is 0 Å². The van der Waals surface area contributed by atoms with E-state index in [0.717, 1.165) is 4.68 Å². The van der Waals surface area contributed by atoms with Crippen molar-refractivity contribution in [2.75, 3.05) is 0 Å². The summed E-state index contributed by atoms with van der Waals surface area (Å²) in [5.41, 5.74) is -0.326. The Labute approximate surface area is 68.3 Å². The minimum Gasteiger partial charge on any atom is -0.477 e. The molecule has 0 aromatic carbocycles. The molecule has 5 nitrogen and oxygen atoms in total. The van der Waals surface area contributed by atoms with E-state index in [2.05, 4.69) is 5.10 Å². The number of carboxylic acids is 1. The molecule has 64 valence electrons. The van der Waals surface area contributed by atoms with Gasteiger partial charge in [0.25, 0.3) is 5.56 Å². The summed E-state index contributed by atoms with van der Waals surface area (Å²) in [6.07, 6.45) is 0. The number of carbonyl (C=O) groups is 1. The number of aromatic nitrogens is 2. The zero-order valence-electron chi connectivity index (χ0n) is 6.74. The van der Waals surface area contributed by atoms with Crippen LogP contribution < -0.4 is 5.56 Å². The molecule has 0 aliphatic rings. The first-order chi connectivity index (χ1) is 5.52. The largest absolute Gasteiger partial charge is 0.477 e. The van der Waals surface area contributed by atoms with E-state index >= 15 is 0 Å². The van der Waals surface area contributed by atoms with Crippen molar-refractivity contribution in [3.63, 3.8) is 0 Å². The summed E-state index contributed by atoms with van der Waals surface area (Å²) in [7, 11) is 1.42. The summed E-state index contributed by atoms with van der Waals surface area (Å²) < 4.78 is 1.01. The molecule has 0 amide bonds. The van der Waals surface area contributed by atoms with Crippen LogP contribution in [0.1, 0.15) is 16.1 Å². The van der Waals surface area contributed by atoms with Gasteiger partial charge in [0.05, 0.1) is 5.69 Å². The van der Waals surface area contributed by atoms with Gasteiger partial charge in [-0.2, -0.15) is 5.10 Å². The summed E-state index contributed by atoms with van der Waals surface area (Å²) in [6, 6.07) is 1.25. The lowest BCUT2D eigenvalue weighted by Gasteiger charge is -1.99. The quantitative estimate of drug-likeness (QED) is 0.629. The highest BCUT2D eigenvalue weighted by molar-refractivity contribution is 5.87. The molecule has 1 aromatic rings. The van der Waals surface area contributed by atoms with Crippen molar-refractivity contribution in [2.45, 2.75) is 6.92 Å². The van der Waals surface area contributed by atoms with E-state index in [4.69, 9.17) is 5.11 Å². The van der Waals surface area contributed by atoms with Crippen LogP contribution in [-0.2, 0) is 7.05 Å². The van der Waals surface area contributed by atoms with Crippen molar-refractivity contribution in [3.05, 3.63) is 27.7 Å². The van der Waals surface area contributed by atoms with Gasteiger partial charge in [-0.25, -0.2) is 9.48 Å². The molecule has 12 heavy (non-hydrogen) atoms. The summed E-state index contributed by atoms with van der Waals surface area (Å²) in [5, 5.41) is 12.3. The molecular formula is C7H8N2O3. The van der Waals surface area contributed by atoms with Crippen LogP contribution in [0.25, 0.3) is 0 Å². The fraction of sp³-hybridized carbons (Fsp3) is 0.286. The van der Waals surface area contributed by atoms with Crippen molar-refractivity contribution < 1.29 is 9.90 Å². The highest BCUT2D eigenvalue weighted by Gasteiger charge is 2.10. The third-order valence-electron chi connectivity index (χ3n) is 1.42. The van der Waals surface area contributed by atoms with E-state index in [1.165, 1.54) is 13.1 Å². The Bertz CT molecular complexity index is 381. The fourth-order valence-corrected chi connectivity index (χ4v) is 0.909. The maximum atomic E-state index is 11.1. The van der Waals surface area contributed by atoms with Gasteiger partial charge >= 0.3 is 5.97 Å². The number of hydrogen-bond acceptors (Lipinski definition) is 3. The normalized spacial score (nSPS) is 9.83. The van der Waals surface area contributed by atoms with Gasteiger partial charge in [-0.1, -0.05) is 0 Å². The Morgan fingerprint density at radius 3 is 2.75 bits per heavy atom. The predicted octanol–water partition coefficient (Wildman–Crippen LogP) is -0.213. The van der Waals surface area contributed by atoms with Crippen molar-refractivity contribution in [1.82, 2.24) is 9.78 Å². The number of aryl methyl sites for hydroxylation is 2. The van der Waals surface area contributed by atoms with E-state index in [1.54, 1.807) is 6.92 Å². The summed E-state index contributed by atoms with van der Waals surface area (Å²) in [6.45, 7) is 1.63. The number of rotatable bonds is 1. The van der Waals surface area contributed by atoms with Crippen LogP contribution in [0.15, 0.2) is 10.9 Å². The van der Waals surface area contributed by atoms with E-state index in [9.17, 15) is 9.59 Å². The van der Waals surface area contributed by atoms with Gasteiger partial charge in [-0.15, -0.1) is 0 Å². The predicted molar refractivity (Wildman–Crippen MR) is 41.2 cm³/mol. The second-order valence-electron chi connectivity index (χ2n) is 2.43. The van der Waals surface area contributed by atoms with Gasteiger partial charge < -0.3 is 5.11 Å². The third kappa shape index (κ3) is 1.34. The lowest BCUT2D eigenvalue weighted by atomic mass is 10.2. The molecule has 0 bridgehead atoms. The van der Waals surface area contributed by atoms with Crippen LogP contribution in [-0.4, -0.2) is 20.9 Å². The maximum Gasteiger partial charge on any atom is 0.341 e. The standard InChI is InChI=1S/C7H8N2O3/c1-4-3-5(7(11)12)6(10)9(2)8-4/h3H,1-2H3,(H,11,12). The molecule has 0 spiro atoms. The average molecular weight is 168 g/mol. The van der Waals surface area contributed by atoms with Gasteiger partial charge in [0.1, 0.15) is 5.56 Å². The lowest BCUT2D eigenvalue weighted by Crippen LogP contribution is -2.26. The minimum absolute atomic E-state index is 0.245. The molecule has 0 atom stereocenters. The monoisotopic (exact) mass is 168 g/mol. The molecule has 0 aliphatic heterocycles. The van der Waals surface area contributed by atoms with E-state index in [0.29, 0.717) is 5.69 Å². The third-order valence-corrected chi connectivity index (χ3v) is 1.42. The Kier molecular flexibility index (Phi) is 1.95. The lowest BCUT2D eigenvalue weighted by molar-refractivity contribution is 0.0693. The molecule has 5 heteroatoms. The molecule has 1 heterocycles. The Balaban J connectivity index is 3.49. The number of aromatic carboxylic acids is 1. The van der Waals surface area contributed by atoms with E-state index in [-0.39, 0.29) is 5.56 Å². The molecule has 0 saturated carbocycles. The minimum atomic E-state index is -1.22. The Morgan fingerprint density at radius 1 is 1.67 bits per heavy atom. The highest BCUT2D eigenvalue weighted by atomic mass is 16.4. The molecule has 0 saturated heterocycles. The van der Waals surface area contributed by atoms with Crippen LogP contribution in [0.4, 0.5) is 0 Å². The summed E-state index contributed by atoms with van der Waals surface area (Å²) in [5.74, 6) is -1.22. The number of nitrogens with zero attached hydrogens (tertiary/aromatic N) is 2. The summed E-state index contributed by atoms with van der Waals surface area (Å²) in [4.78, 5) is 21.6. The Morgan fingerprint density at radius 2 is 2.25 bits per heavy atom. The smallest absolute Gasteiger partial charge is 0.341 e. The first-order valence-corrected chi connectivity index (χ1v) is 3.30. The molecule has 0 aliphatic carbocycles. The zero-order valence-corrected chi connectivity index (χ0v) is 6.74. The number of hydrogen-bond donors (Lipinski definition) is 1. The molecule has 0 fully saturated rings. The Hall–Kier alpha value is -1.65. The zero-order chi connectivity index (χ0) is 9.30. The molecule has 1 rings (SSSR count). The van der Waals surface area contributed by atoms with Gasteiger partial charge in [-0.05, 0) is 13.0 Å². The van der Waals surface area contributed by atoms with Crippen LogP contribution in [0, 0.1) is 6.92 Å². The van der Waals surface area contributed by atoms with E-state index < -0.39 is 11.5 Å². The molecular weight excluding hydrogens is 160 g/mol. The van der Waals surface area contributed by atoms with Gasteiger partial charge in [0.2, 0.25) is 0 Å². The SMILES string of the molecule is Cc1cc(C(=O)O)c(=O)n(C)n1. The van der Waals surface area contributed by atoms with Crippen LogP contribution in [0.2, 0.25) is 0 Å². The van der Waals surface area contributed by atoms with E-state index in [1.807, 2.05) is 0 Å². The van der Waals surface area contributed by atoms with Crippen molar-refractivity contribution in [1.29, 1.82) is 0 Å². The van der Waals surface area contributed by atoms with Gasteiger partial charge in [0, 0.05) is 7.05 Å². The van der Waals surface area contributed by atoms with Gasteiger partial charge in [0.15, 0.2) is 0 Å². The fourth-order valence-electron chi connectivity index (χ4n) is 0.909. The molecule has 1 N–H and O–H groups in total. The van der Waals surface area contributed by atoms with Crippen molar-refractivity contribution >= 4 is 5.97 Å². The number of carboxylic acid groups (broad SMARTS) is 1. The second-order valence-corrected chi connectivity index (χ2v) is 2.43. The van der Waals surface area contributed by atoms with Gasteiger partial charge in [-0.3, -0.25) is 4.79 Å². The topological polar surface area (TPSA) is 72.2 Å². The molecule has 0 radical (unpaired) electrons. The first kappa shape index (κ1) is 8.45. The first-order valence-electron chi connectivity index (χ1n) is 3.30.